The topological polar surface area (TPSA) is 78.9 Å². The Balaban J connectivity index is 1.78. The number of aliphatic carboxylic acids is 1. The second-order valence-corrected chi connectivity index (χ2v) is 6.50. The van der Waals surface area contributed by atoms with Crippen molar-refractivity contribution in [3.8, 4) is 0 Å². The Bertz CT molecular complexity index is 390. The third kappa shape index (κ3) is 3.87. The van der Waals surface area contributed by atoms with Gasteiger partial charge in [0.05, 0.1) is 11.5 Å². The molecule has 21 heavy (non-hydrogen) atoms. The van der Waals surface area contributed by atoms with Crippen LogP contribution in [0.4, 0.5) is 4.79 Å². The highest BCUT2D eigenvalue weighted by Gasteiger charge is 2.37. The lowest BCUT2D eigenvalue weighted by molar-refractivity contribution is -0.143. The van der Waals surface area contributed by atoms with Crippen molar-refractivity contribution in [1.29, 1.82) is 0 Å². The predicted molar refractivity (Wildman–Crippen MR) is 78.1 cm³/mol. The first-order valence-electron chi connectivity index (χ1n) is 7.76. The number of urea groups is 1. The van der Waals surface area contributed by atoms with Crippen LogP contribution in [0.1, 0.15) is 39.0 Å². The number of carboxylic acids is 1. The van der Waals surface area contributed by atoms with Gasteiger partial charge in [0.15, 0.2) is 0 Å². The molecule has 0 aromatic carbocycles. The summed E-state index contributed by atoms with van der Waals surface area (Å²) in [4.78, 5) is 24.9. The highest BCUT2D eigenvalue weighted by Crippen LogP contribution is 2.37. The van der Waals surface area contributed by atoms with Gasteiger partial charge >= 0.3 is 12.0 Å². The maximum Gasteiger partial charge on any atom is 0.317 e. The van der Waals surface area contributed by atoms with Gasteiger partial charge in [-0.05, 0) is 38.0 Å². The van der Waals surface area contributed by atoms with Crippen LogP contribution in [0.2, 0.25) is 0 Å². The Hall–Kier alpha value is -1.30. The molecule has 2 rings (SSSR count). The van der Waals surface area contributed by atoms with E-state index in [0.717, 1.165) is 19.3 Å². The number of nitrogens with one attached hydrogen (secondary N) is 1. The molecule has 1 saturated heterocycles. The lowest BCUT2D eigenvalue weighted by Crippen LogP contribution is -2.50. The van der Waals surface area contributed by atoms with Crippen molar-refractivity contribution in [3.63, 3.8) is 0 Å². The number of rotatable bonds is 5. The number of hydrogen-bond acceptors (Lipinski definition) is 3. The van der Waals surface area contributed by atoms with Gasteiger partial charge in [-0.15, -0.1) is 0 Å². The summed E-state index contributed by atoms with van der Waals surface area (Å²) in [6.45, 7) is 3.50. The molecule has 2 fully saturated rings. The lowest BCUT2D eigenvalue weighted by atomic mass is 9.77. The van der Waals surface area contributed by atoms with Crippen LogP contribution in [-0.2, 0) is 9.53 Å². The summed E-state index contributed by atoms with van der Waals surface area (Å²) in [6, 6.07) is -0.154. The van der Waals surface area contributed by atoms with Crippen molar-refractivity contribution in [1.82, 2.24) is 10.2 Å². The second-order valence-electron chi connectivity index (χ2n) is 6.50. The third-order valence-corrected chi connectivity index (χ3v) is 4.85. The van der Waals surface area contributed by atoms with Crippen LogP contribution in [-0.4, -0.2) is 54.4 Å². The first-order valence-corrected chi connectivity index (χ1v) is 7.76. The first kappa shape index (κ1) is 16.1. The van der Waals surface area contributed by atoms with Crippen LogP contribution in [0.3, 0.4) is 0 Å². The number of carbonyl (C=O) groups excluding carboxylic acids is 1. The summed E-state index contributed by atoms with van der Waals surface area (Å²) >= 11 is 0. The van der Waals surface area contributed by atoms with E-state index in [1.54, 1.807) is 12.0 Å². The molecular weight excluding hydrogens is 272 g/mol. The Morgan fingerprint density at radius 2 is 2.10 bits per heavy atom. The van der Waals surface area contributed by atoms with Gasteiger partial charge in [-0.1, -0.05) is 6.92 Å². The van der Waals surface area contributed by atoms with Gasteiger partial charge in [0.2, 0.25) is 0 Å². The normalized spacial score (nSPS) is 27.8. The predicted octanol–water partition coefficient (Wildman–Crippen LogP) is 1.70. The minimum Gasteiger partial charge on any atom is -0.481 e. The van der Waals surface area contributed by atoms with Crippen molar-refractivity contribution in [2.75, 3.05) is 26.7 Å². The second kappa shape index (κ2) is 6.64. The Morgan fingerprint density at radius 1 is 1.38 bits per heavy atom. The molecule has 0 aromatic heterocycles. The summed E-state index contributed by atoms with van der Waals surface area (Å²) in [5, 5.41) is 12.0. The van der Waals surface area contributed by atoms with Gasteiger partial charge in [0, 0.05) is 26.7 Å². The number of likely N-dealkylation sites (tertiary alicyclic amines) is 1. The van der Waals surface area contributed by atoms with Crippen LogP contribution < -0.4 is 5.32 Å². The van der Waals surface area contributed by atoms with Crippen LogP contribution in [0.15, 0.2) is 0 Å². The average Bonchev–Trinajstić information content (AvgIpc) is 2.40. The van der Waals surface area contributed by atoms with Crippen LogP contribution in [0, 0.1) is 11.8 Å². The molecule has 2 aliphatic rings. The molecule has 6 heteroatoms. The molecule has 120 valence electrons. The molecule has 2 N–H and O–H groups in total. The monoisotopic (exact) mass is 298 g/mol. The Labute approximate surface area is 125 Å². The van der Waals surface area contributed by atoms with Crippen LogP contribution >= 0.6 is 0 Å². The number of nitrogens with zero attached hydrogens (tertiary/aromatic N) is 1. The zero-order chi connectivity index (χ0) is 15.5. The number of carbonyl (C=O) groups is 2. The maximum atomic E-state index is 12.2. The molecule has 2 amide bonds. The van der Waals surface area contributed by atoms with E-state index in [0.29, 0.717) is 26.1 Å². The van der Waals surface area contributed by atoms with Gasteiger partial charge in [0.1, 0.15) is 0 Å². The fourth-order valence-electron chi connectivity index (χ4n) is 3.33. The minimum absolute atomic E-state index is 0.0495. The minimum atomic E-state index is -0.813. The molecule has 0 spiro atoms. The first-order chi connectivity index (χ1) is 9.96. The third-order valence-electron chi connectivity index (χ3n) is 4.85. The zero-order valence-corrected chi connectivity index (χ0v) is 12.9. The van der Waals surface area contributed by atoms with Crippen molar-refractivity contribution in [3.05, 3.63) is 0 Å². The fraction of sp³-hybridized carbons (Fsp3) is 0.867. The molecule has 1 heterocycles. The van der Waals surface area contributed by atoms with Gasteiger partial charge in [-0.25, -0.2) is 4.79 Å². The largest absolute Gasteiger partial charge is 0.481 e. The van der Waals surface area contributed by atoms with Crippen molar-refractivity contribution in [2.24, 2.45) is 11.8 Å². The zero-order valence-electron chi connectivity index (χ0n) is 12.9. The average molecular weight is 298 g/mol. The summed E-state index contributed by atoms with van der Waals surface area (Å²) in [6.07, 6.45) is 4.76. The SMILES string of the molecule is COC1(CCNC(=O)N2CC(C)CC(C(=O)O)C2)CCC1. The molecule has 1 aliphatic heterocycles. The number of hydrogen-bond donors (Lipinski definition) is 2. The number of piperidine rings is 1. The van der Waals surface area contributed by atoms with Gasteiger partial charge in [-0.3, -0.25) is 4.79 Å². The number of amides is 2. The van der Waals surface area contributed by atoms with Crippen LogP contribution in [0.5, 0.6) is 0 Å². The number of carboxylic acid groups (broad SMARTS) is 1. The molecule has 0 bridgehead atoms. The molecular formula is C15H26N2O4. The van der Waals surface area contributed by atoms with Gasteiger partial charge in [0.25, 0.3) is 0 Å². The van der Waals surface area contributed by atoms with Gasteiger partial charge < -0.3 is 20.1 Å². The van der Waals surface area contributed by atoms with E-state index in [2.05, 4.69) is 5.32 Å². The van der Waals surface area contributed by atoms with E-state index in [9.17, 15) is 9.59 Å². The highest BCUT2D eigenvalue weighted by molar-refractivity contribution is 5.76. The molecule has 6 nitrogen and oxygen atoms in total. The summed E-state index contributed by atoms with van der Waals surface area (Å²) in [7, 11) is 1.73. The molecule has 0 aromatic rings. The molecule has 2 unspecified atom stereocenters. The van der Waals surface area contributed by atoms with Crippen molar-refractivity contribution >= 4 is 12.0 Å². The molecule has 2 atom stereocenters. The van der Waals surface area contributed by atoms with E-state index in [1.165, 1.54) is 6.42 Å². The highest BCUT2D eigenvalue weighted by atomic mass is 16.5. The summed E-state index contributed by atoms with van der Waals surface area (Å²) in [5.74, 6) is -1.04. The number of methoxy groups -OCH3 is 1. The quantitative estimate of drug-likeness (QED) is 0.809. The van der Waals surface area contributed by atoms with Crippen LogP contribution in [0.25, 0.3) is 0 Å². The van der Waals surface area contributed by atoms with E-state index in [-0.39, 0.29) is 17.6 Å². The van der Waals surface area contributed by atoms with Crippen molar-refractivity contribution < 1.29 is 19.4 Å². The van der Waals surface area contributed by atoms with E-state index < -0.39 is 11.9 Å². The smallest absolute Gasteiger partial charge is 0.317 e. The molecule has 1 saturated carbocycles. The maximum absolute atomic E-state index is 12.2. The lowest BCUT2D eigenvalue weighted by Gasteiger charge is -2.41. The standard InChI is InChI=1S/C15H26N2O4/c1-11-8-12(13(18)19)10-17(9-11)14(20)16-7-6-15(21-2)4-3-5-15/h11-12H,3-10H2,1-2H3,(H,16,20)(H,18,19). The van der Waals surface area contributed by atoms with Gasteiger partial charge in [-0.2, -0.15) is 0 Å². The summed E-state index contributed by atoms with van der Waals surface area (Å²) in [5.41, 5.74) is -0.0495. The van der Waals surface area contributed by atoms with Crippen molar-refractivity contribution in [2.45, 2.75) is 44.6 Å². The fourth-order valence-corrected chi connectivity index (χ4v) is 3.33. The van der Waals surface area contributed by atoms with E-state index in [4.69, 9.17) is 9.84 Å². The molecule has 0 radical (unpaired) electrons. The Kier molecular flexibility index (Phi) is 5.08. The van der Waals surface area contributed by atoms with E-state index >= 15 is 0 Å². The number of ether oxygens (including phenoxy) is 1. The Morgan fingerprint density at radius 3 is 2.62 bits per heavy atom. The summed E-state index contributed by atoms with van der Waals surface area (Å²) < 4.78 is 5.52. The van der Waals surface area contributed by atoms with E-state index in [1.807, 2.05) is 6.92 Å². The molecule has 1 aliphatic carbocycles.